The van der Waals surface area contributed by atoms with E-state index in [2.05, 4.69) is 10.2 Å². The number of halogens is 2. The first-order valence-electron chi connectivity index (χ1n) is 9.19. The van der Waals surface area contributed by atoms with E-state index in [1.807, 2.05) is 19.9 Å². The Morgan fingerprint density at radius 1 is 1.25 bits per heavy atom. The molecule has 2 heterocycles. The van der Waals surface area contributed by atoms with E-state index in [1.54, 1.807) is 0 Å². The molecule has 28 heavy (non-hydrogen) atoms. The first-order chi connectivity index (χ1) is 13.5. The number of carbonyl (C=O) groups is 1. The molecule has 1 aliphatic heterocycles. The summed E-state index contributed by atoms with van der Waals surface area (Å²) in [6, 6.07) is 5.51. The lowest BCUT2D eigenvalue weighted by atomic mass is 10.1. The van der Waals surface area contributed by atoms with Gasteiger partial charge in [0.1, 0.15) is 10.8 Å². The minimum atomic E-state index is -0.929. The van der Waals surface area contributed by atoms with Gasteiger partial charge in [0.05, 0.1) is 18.8 Å². The third-order valence-corrected chi connectivity index (χ3v) is 5.31. The van der Waals surface area contributed by atoms with E-state index in [1.165, 1.54) is 17.8 Å². The normalized spacial score (nSPS) is 14.2. The molecule has 1 saturated heterocycles. The van der Waals surface area contributed by atoms with E-state index in [0.29, 0.717) is 29.4 Å². The molecule has 1 aliphatic rings. The summed E-state index contributed by atoms with van der Waals surface area (Å²) in [5.41, 5.74) is 1.84. The maximum Gasteiger partial charge on any atom is 0.254 e. The Hall–Kier alpha value is -2.19. The lowest BCUT2D eigenvalue weighted by Crippen LogP contribution is -2.37. The van der Waals surface area contributed by atoms with Crippen molar-refractivity contribution in [2.45, 2.75) is 25.4 Å². The van der Waals surface area contributed by atoms with Crippen LogP contribution in [0.1, 0.15) is 28.4 Å². The molecular formula is C20H23F2N3O2S. The number of aromatic nitrogens is 1. The van der Waals surface area contributed by atoms with Crippen LogP contribution in [0.4, 0.5) is 14.6 Å². The van der Waals surface area contributed by atoms with E-state index < -0.39 is 11.6 Å². The van der Waals surface area contributed by atoms with E-state index in [9.17, 15) is 13.6 Å². The van der Waals surface area contributed by atoms with Gasteiger partial charge in [-0.3, -0.25) is 4.79 Å². The van der Waals surface area contributed by atoms with Crippen LogP contribution in [0.2, 0.25) is 0 Å². The number of thioether (sulfide) groups is 1. The van der Waals surface area contributed by atoms with Crippen LogP contribution in [0.3, 0.4) is 0 Å². The minimum absolute atomic E-state index is 0.108. The molecular weight excluding hydrogens is 384 g/mol. The Labute approximate surface area is 167 Å². The molecule has 2 aromatic rings. The number of rotatable bonds is 6. The zero-order chi connectivity index (χ0) is 20.1. The van der Waals surface area contributed by atoms with Crippen LogP contribution < -0.4 is 10.2 Å². The number of nitrogens with zero attached hydrogens (tertiary/aromatic N) is 2. The summed E-state index contributed by atoms with van der Waals surface area (Å²) in [6.07, 6.45) is 0. The number of ether oxygens (including phenoxy) is 1. The number of amides is 1. The van der Waals surface area contributed by atoms with E-state index in [-0.39, 0.29) is 12.5 Å². The van der Waals surface area contributed by atoms with Crippen LogP contribution in [0.5, 0.6) is 0 Å². The van der Waals surface area contributed by atoms with Crippen molar-refractivity contribution in [3.63, 3.8) is 0 Å². The molecule has 0 spiro atoms. The molecule has 1 aromatic heterocycles. The highest BCUT2D eigenvalue weighted by molar-refractivity contribution is 7.99. The Kier molecular flexibility index (Phi) is 6.85. The van der Waals surface area contributed by atoms with E-state index >= 15 is 0 Å². The first-order valence-corrected chi connectivity index (χ1v) is 10.2. The van der Waals surface area contributed by atoms with Crippen molar-refractivity contribution < 1.29 is 18.3 Å². The van der Waals surface area contributed by atoms with Gasteiger partial charge in [0.25, 0.3) is 5.91 Å². The largest absolute Gasteiger partial charge is 0.378 e. The number of aryl methyl sites for hydroxylation is 1. The molecule has 0 unspecified atom stereocenters. The van der Waals surface area contributed by atoms with Crippen LogP contribution in [0.15, 0.2) is 29.3 Å². The number of hydrogen-bond donors (Lipinski definition) is 1. The van der Waals surface area contributed by atoms with Crippen molar-refractivity contribution in [1.82, 2.24) is 10.3 Å². The highest BCUT2D eigenvalue weighted by Gasteiger charge is 2.21. The maximum atomic E-state index is 13.4. The number of hydrogen-bond acceptors (Lipinski definition) is 5. The van der Waals surface area contributed by atoms with Gasteiger partial charge in [-0.2, -0.15) is 0 Å². The average Bonchev–Trinajstić information content (AvgIpc) is 2.69. The second kappa shape index (κ2) is 9.34. The summed E-state index contributed by atoms with van der Waals surface area (Å²) >= 11 is 1.51. The van der Waals surface area contributed by atoms with E-state index in [0.717, 1.165) is 42.4 Å². The smallest absolute Gasteiger partial charge is 0.254 e. The first kappa shape index (κ1) is 20.5. The molecule has 0 atom stereocenters. The minimum Gasteiger partial charge on any atom is -0.378 e. The lowest BCUT2D eigenvalue weighted by Gasteiger charge is -2.28. The molecule has 1 N–H and O–H groups in total. The summed E-state index contributed by atoms with van der Waals surface area (Å²) in [6.45, 7) is 6.86. The predicted molar refractivity (Wildman–Crippen MR) is 106 cm³/mol. The fourth-order valence-electron chi connectivity index (χ4n) is 3.02. The Morgan fingerprint density at radius 2 is 2.00 bits per heavy atom. The standard InChI is InChI=1S/C20H23F2N3O2S/c1-3-28-20-18(13(2)10-17(24-20)25-6-8-27-9-7-25)19(26)23-12-14-4-5-15(21)16(22)11-14/h4-5,10-11H,3,6-9,12H2,1-2H3,(H,23,26). The fourth-order valence-corrected chi connectivity index (χ4v) is 3.85. The van der Waals surface area contributed by atoms with Crippen LogP contribution in [0.25, 0.3) is 0 Å². The van der Waals surface area contributed by atoms with Gasteiger partial charge in [-0.1, -0.05) is 13.0 Å². The number of nitrogens with one attached hydrogen (secondary N) is 1. The number of anilines is 1. The van der Waals surface area contributed by atoms with Gasteiger partial charge in [-0.05, 0) is 42.0 Å². The summed E-state index contributed by atoms with van der Waals surface area (Å²) < 4.78 is 31.8. The quantitative estimate of drug-likeness (QED) is 0.743. The molecule has 0 saturated carbocycles. The highest BCUT2D eigenvalue weighted by atomic mass is 32.2. The van der Waals surface area contributed by atoms with Crippen molar-refractivity contribution in [3.05, 3.63) is 52.6 Å². The zero-order valence-corrected chi connectivity index (χ0v) is 16.7. The molecule has 1 fully saturated rings. The van der Waals surface area contributed by atoms with Gasteiger partial charge >= 0.3 is 0 Å². The Balaban J connectivity index is 1.80. The lowest BCUT2D eigenvalue weighted by molar-refractivity contribution is 0.0946. The maximum absolute atomic E-state index is 13.4. The molecule has 0 aliphatic carbocycles. The van der Waals surface area contributed by atoms with Crippen LogP contribution in [-0.2, 0) is 11.3 Å². The molecule has 1 amide bonds. The SMILES string of the molecule is CCSc1nc(N2CCOCC2)cc(C)c1C(=O)NCc1ccc(F)c(F)c1. The second-order valence-corrected chi connectivity index (χ2v) is 7.69. The van der Waals surface area contributed by atoms with Crippen molar-refractivity contribution in [2.24, 2.45) is 0 Å². The molecule has 0 radical (unpaired) electrons. The van der Waals surface area contributed by atoms with Gasteiger partial charge in [-0.25, -0.2) is 13.8 Å². The van der Waals surface area contributed by atoms with Crippen molar-refractivity contribution >= 4 is 23.5 Å². The number of benzene rings is 1. The third kappa shape index (κ3) is 4.80. The third-order valence-electron chi connectivity index (χ3n) is 4.45. The molecule has 3 rings (SSSR count). The number of morpholine rings is 1. The monoisotopic (exact) mass is 407 g/mol. The molecule has 150 valence electrons. The van der Waals surface area contributed by atoms with Gasteiger partial charge in [0, 0.05) is 19.6 Å². The fraction of sp³-hybridized carbons (Fsp3) is 0.400. The van der Waals surface area contributed by atoms with Gasteiger partial charge < -0.3 is 15.0 Å². The van der Waals surface area contributed by atoms with Gasteiger partial charge in [0.2, 0.25) is 0 Å². The van der Waals surface area contributed by atoms with Crippen LogP contribution in [0, 0.1) is 18.6 Å². The van der Waals surface area contributed by atoms with Crippen molar-refractivity contribution in [3.8, 4) is 0 Å². The summed E-state index contributed by atoms with van der Waals surface area (Å²) in [5.74, 6) is -0.493. The van der Waals surface area contributed by atoms with Crippen LogP contribution in [-0.4, -0.2) is 42.9 Å². The summed E-state index contributed by atoms with van der Waals surface area (Å²) in [5, 5.41) is 3.46. The second-order valence-electron chi connectivity index (χ2n) is 6.44. The van der Waals surface area contributed by atoms with E-state index in [4.69, 9.17) is 9.72 Å². The van der Waals surface area contributed by atoms with Gasteiger partial charge in [0.15, 0.2) is 11.6 Å². The molecule has 0 bridgehead atoms. The molecule has 1 aromatic carbocycles. The Bertz CT molecular complexity index is 858. The molecule has 8 heteroatoms. The number of carbonyl (C=O) groups excluding carboxylic acids is 1. The van der Waals surface area contributed by atoms with Crippen molar-refractivity contribution in [1.29, 1.82) is 0 Å². The van der Waals surface area contributed by atoms with Gasteiger partial charge in [-0.15, -0.1) is 11.8 Å². The number of pyridine rings is 1. The van der Waals surface area contributed by atoms with Crippen LogP contribution >= 0.6 is 11.8 Å². The zero-order valence-electron chi connectivity index (χ0n) is 15.9. The Morgan fingerprint density at radius 3 is 2.68 bits per heavy atom. The topological polar surface area (TPSA) is 54.5 Å². The summed E-state index contributed by atoms with van der Waals surface area (Å²) in [4.78, 5) is 19.7. The predicted octanol–water partition coefficient (Wildman–Crippen LogP) is 3.55. The highest BCUT2D eigenvalue weighted by Crippen LogP contribution is 2.28. The van der Waals surface area contributed by atoms with Crippen molar-refractivity contribution in [2.75, 3.05) is 37.0 Å². The average molecular weight is 407 g/mol. The molecule has 5 nitrogen and oxygen atoms in total. The summed E-state index contributed by atoms with van der Waals surface area (Å²) in [7, 11) is 0.